The largest absolute Gasteiger partial charge is 0.320 e. The number of ketones is 1. The fourth-order valence-electron chi connectivity index (χ4n) is 4.47. The van der Waals surface area contributed by atoms with Crippen molar-refractivity contribution in [3.05, 3.63) is 95.8 Å². The second-order valence-electron chi connectivity index (χ2n) is 8.26. The third-order valence-electron chi connectivity index (χ3n) is 6.23. The van der Waals surface area contributed by atoms with Crippen LogP contribution in [-0.4, -0.2) is 27.8 Å². The van der Waals surface area contributed by atoms with Crippen LogP contribution in [0.4, 0.5) is 5.69 Å². The Bertz CT molecular complexity index is 1280. The molecule has 5 rings (SSSR count). The summed E-state index contributed by atoms with van der Waals surface area (Å²) in [6.07, 6.45) is 1.36. The Hall–Kier alpha value is -3.73. The summed E-state index contributed by atoms with van der Waals surface area (Å²) in [7, 11) is 0. The number of nitrogens with zero attached hydrogens (tertiary/aromatic N) is 3. The molecule has 0 N–H and O–H groups in total. The van der Waals surface area contributed by atoms with E-state index in [4.69, 9.17) is 4.98 Å². The first-order valence-corrected chi connectivity index (χ1v) is 11.1. The number of rotatable bonds is 6. The molecule has 2 heterocycles. The zero-order valence-electron chi connectivity index (χ0n) is 18.1. The lowest BCUT2D eigenvalue weighted by Gasteiger charge is -2.18. The third kappa shape index (κ3) is 3.71. The van der Waals surface area contributed by atoms with Crippen LogP contribution in [0.15, 0.2) is 78.9 Å². The van der Waals surface area contributed by atoms with E-state index in [0.717, 1.165) is 29.0 Å². The summed E-state index contributed by atoms with van der Waals surface area (Å²) in [5, 5.41) is 0. The van der Waals surface area contributed by atoms with Gasteiger partial charge in [-0.2, -0.15) is 0 Å². The third-order valence-corrected chi connectivity index (χ3v) is 6.23. The van der Waals surface area contributed by atoms with Crippen molar-refractivity contribution in [2.45, 2.75) is 32.2 Å². The zero-order chi connectivity index (χ0) is 22.1. The Labute approximate surface area is 187 Å². The van der Waals surface area contributed by atoms with Crippen molar-refractivity contribution in [3.63, 3.8) is 0 Å². The summed E-state index contributed by atoms with van der Waals surface area (Å²) in [5.41, 5.74) is 4.61. The maximum absolute atomic E-state index is 13.0. The van der Waals surface area contributed by atoms with Gasteiger partial charge >= 0.3 is 0 Å². The fraction of sp³-hybridized carbons (Fsp3) is 0.222. The summed E-state index contributed by atoms with van der Waals surface area (Å²) >= 11 is 0. The van der Waals surface area contributed by atoms with Crippen molar-refractivity contribution in [1.29, 1.82) is 0 Å². The van der Waals surface area contributed by atoms with Crippen LogP contribution in [0.1, 0.15) is 41.0 Å². The maximum Gasteiger partial charge on any atom is 0.227 e. The molecule has 1 aromatic heterocycles. The van der Waals surface area contributed by atoms with Gasteiger partial charge in [-0.05, 0) is 36.2 Å². The lowest BCUT2D eigenvalue weighted by molar-refractivity contribution is -0.117. The van der Waals surface area contributed by atoms with E-state index in [1.807, 2.05) is 76.2 Å². The molecule has 1 aliphatic heterocycles. The molecule has 0 spiro atoms. The average Bonchev–Trinajstić information content (AvgIpc) is 3.40. The van der Waals surface area contributed by atoms with E-state index in [-0.39, 0.29) is 24.2 Å². The first kappa shape index (κ1) is 20.2. The fourth-order valence-corrected chi connectivity index (χ4v) is 4.47. The van der Waals surface area contributed by atoms with Crippen LogP contribution >= 0.6 is 0 Å². The Morgan fingerprint density at radius 1 is 0.969 bits per heavy atom. The standard InChI is InChI=1S/C27H25N3O2/c1-2-19-12-14-22(15-13-19)29-17-21(16-26(29)32)27-28-23-10-6-7-11-24(23)30(27)18-25(31)20-8-4-3-5-9-20/h3-15,21H,2,16-18H2,1H3. The summed E-state index contributed by atoms with van der Waals surface area (Å²) in [5.74, 6) is 0.861. The number of aryl methyl sites for hydroxylation is 1. The minimum Gasteiger partial charge on any atom is -0.320 e. The second kappa shape index (κ2) is 8.42. The van der Waals surface area contributed by atoms with E-state index < -0.39 is 0 Å². The Kier molecular flexibility index (Phi) is 5.31. The quantitative estimate of drug-likeness (QED) is 0.410. The molecule has 1 saturated heterocycles. The molecular weight excluding hydrogens is 398 g/mol. The minimum absolute atomic E-state index is 0.0336. The molecule has 0 bridgehead atoms. The molecular formula is C27H25N3O2. The molecule has 1 amide bonds. The molecule has 1 fully saturated rings. The molecule has 5 nitrogen and oxygen atoms in total. The van der Waals surface area contributed by atoms with Gasteiger partial charge in [-0.1, -0.05) is 61.5 Å². The van der Waals surface area contributed by atoms with Crippen molar-refractivity contribution < 1.29 is 9.59 Å². The van der Waals surface area contributed by atoms with Crippen molar-refractivity contribution in [3.8, 4) is 0 Å². The molecule has 1 atom stereocenters. The molecule has 32 heavy (non-hydrogen) atoms. The SMILES string of the molecule is CCc1ccc(N2CC(c3nc4ccccc4n3CC(=O)c3ccccc3)CC2=O)cc1. The first-order valence-electron chi connectivity index (χ1n) is 11.1. The van der Waals surface area contributed by atoms with Crippen molar-refractivity contribution >= 4 is 28.4 Å². The highest BCUT2D eigenvalue weighted by Gasteiger charge is 2.35. The molecule has 3 aromatic carbocycles. The van der Waals surface area contributed by atoms with Crippen molar-refractivity contribution in [1.82, 2.24) is 9.55 Å². The Morgan fingerprint density at radius 2 is 1.69 bits per heavy atom. The topological polar surface area (TPSA) is 55.2 Å². The molecule has 0 aliphatic carbocycles. The molecule has 1 unspecified atom stereocenters. The molecule has 0 saturated carbocycles. The van der Waals surface area contributed by atoms with Gasteiger partial charge in [0.2, 0.25) is 5.91 Å². The minimum atomic E-state index is -0.0654. The number of aromatic nitrogens is 2. The number of carbonyl (C=O) groups is 2. The van der Waals surface area contributed by atoms with Gasteiger partial charge in [-0.25, -0.2) is 4.98 Å². The number of carbonyl (C=O) groups excluding carboxylic acids is 2. The number of amides is 1. The second-order valence-corrected chi connectivity index (χ2v) is 8.26. The number of imidazole rings is 1. The predicted molar refractivity (Wildman–Crippen MR) is 126 cm³/mol. The molecule has 0 radical (unpaired) electrons. The smallest absolute Gasteiger partial charge is 0.227 e. The van der Waals surface area contributed by atoms with Gasteiger partial charge in [-0.15, -0.1) is 0 Å². The predicted octanol–water partition coefficient (Wildman–Crippen LogP) is 5.00. The molecule has 160 valence electrons. The monoisotopic (exact) mass is 423 g/mol. The van der Waals surface area contributed by atoms with E-state index in [1.54, 1.807) is 0 Å². The first-order chi connectivity index (χ1) is 15.6. The highest BCUT2D eigenvalue weighted by atomic mass is 16.2. The van der Waals surface area contributed by atoms with Crippen LogP contribution in [-0.2, 0) is 17.8 Å². The maximum atomic E-state index is 13.0. The Morgan fingerprint density at radius 3 is 2.44 bits per heavy atom. The summed E-state index contributed by atoms with van der Waals surface area (Å²) in [4.78, 5) is 32.6. The van der Waals surface area contributed by atoms with Crippen LogP contribution in [0.3, 0.4) is 0 Å². The van der Waals surface area contributed by atoms with Gasteiger partial charge in [0.05, 0.1) is 17.6 Å². The molecule has 5 heteroatoms. The number of hydrogen-bond acceptors (Lipinski definition) is 3. The number of anilines is 1. The van der Waals surface area contributed by atoms with Crippen LogP contribution in [0.5, 0.6) is 0 Å². The number of hydrogen-bond donors (Lipinski definition) is 0. The molecule has 4 aromatic rings. The van der Waals surface area contributed by atoms with Crippen LogP contribution < -0.4 is 4.90 Å². The van der Waals surface area contributed by atoms with Gasteiger partial charge in [-0.3, -0.25) is 9.59 Å². The molecule has 1 aliphatic rings. The average molecular weight is 424 g/mol. The summed E-state index contributed by atoms with van der Waals surface area (Å²) < 4.78 is 1.99. The lowest BCUT2D eigenvalue weighted by Crippen LogP contribution is -2.24. The van der Waals surface area contributed by atoms with Crippen molar-refractivity contribution in [2.24, 2.45) is 0 Å². The number of para-hydroxylation sites is 2. The number of benzene rings is 3. The van der Waals surface area contributed by atoms with E-state index >= 15 is 0 Å². The lowest BCUT2D eigenvalue weighted by atomic mass is 10.1. The van der Waals surface area contributed by atoms with E-state index in [0.29, 0.717) is 18.5 Å². The van der Waals surface area contributed by atoms with Gasteiger partial charge in [0.1, 0.15) is 5.82 Å². The summed E-state index contributed by atoms with van der Waals surface area (Å²) in [6, 6.07) is 25.3. The van der Waals surface area contributed by atoms with Gasteiger partial charge in [0.15, 0.2) is 5.78 Å². The highest BCUT2D eigenvalue weighted by Crippen LogP contribution is 2.33. The van der Waals surface area contributed by atoms with E-state index in [1.165, 1.54) is 5.56 Å². The van der Waals surface area contributed by atoms with Crippen LogP contribution in [0.2, 0.25) is 0 Å². The van der Waals surface area contributed by atoms with Gasteiger partial charge in [0.25, 0.3) is 0 Å². The van der Waals surface area contributed by atoms with Gasteiger partial charge < -0.3 is 9.47 Å². The van der Waals surface area contributed by atoms with Crippen molar-refractivity contribution in [2.75, 3.05) is 11.4 Å². The normalized spacial score (nSPS) is 16.1. The highest BCUT2D eigenvalue weighted by molar-refractivity contribution is 5.98. The van der Waals surface area contributed by atoms with E-state index in [2.05, 4.69) is 19.1 Å². The Balaban J connectivity index is 1.48. The van der Waals surface area contributed by atoms with Gasteiger partial charge in [0, 0.05) is 30.1 Å². The van der Waals surface area contributed by atoms with E-state index in [9.17, 15) is 9.59 Å². The summed E-state index contributed by atoms with van der Waals surface area (Å²) in [6.45, 7) is 2.89. The number of fused-ring (bicyclic) bond motifs is 1. The van der Waals surface area contributed by atoms with Crippen LogP contribution in [0.25, 0.3) is 11.0 Å². The zero-order valence-corrected chi connectivity index (χ0v) is 18.1. The van der Waals surface area contributed by atoms with Crippen LogP contribution in [0, 0.1) is 0 Å². The number of Topliss-reactive ketones (excluding diaryl/α,β-unsaturated/α-hetero) is 1.